The molecule has 0 saturated carbocycles. The second-order valence-electron chi connectivity index (χ2n) is 8.79. The topological polar surface area (TPSA) is 120 Å². The summed E-state index contributed by atoms with van der Waals surface area (Å²) in [7, 11) is -3.35. The highest BCUT2D eigenvalue weighted by atomic mass is 32.2. The zero-order valence-corrected chi connectivity index (χ0v) is 20.2. The summed E-state index contributed by atoms with van der Waals surface area (Å²) in [6.07, 6.45) is 4.15. The molecule has 0 bridgehead atoms. The number of carbonyl (C=O) groups is 1. The lowest BCUT2D eigenvalue weighted by molar-refractivity contribution is 0.0435. The van der Waals surface area contributed by atoms with Crippen LogP contribution in [0.1, 0.15) is 33.1 Å². The number of carbonyl (C=O) groups excluding carboxylic acids is 1. The summed E-state index contributed by atoms with van der Waals surface area (Å²) in [5, 5.41) is 9.45. The first-order valence-corrected chi connectivity index (χ1v) is 13.3. The van der Waals surface area contributed by atoms with E-state index in [1.807, 2.05) is 48.5 Å². The molecule has 1 aliphatic heterocycles. The van der Waals surface area contributed by atoms with Crippen LogP contribution in [0.15, 0.2) is 73.1 Å². The van der Waals surface area contributed by atoms with Crippen LogP contribution in [0, 0.1) is 11.3 Å². The maximum Gasteiger partial charge on any atom is 0.255 e. The molecule has 1 saturated heterocycles. The van der Waals surface area contributed by atoms with Crippen molar-refractivity contribution >= 4 is 21.4 Å². The Morgan fingerprint density at radius 1 is 1.11 bits per heavy atom. The molecule has 0 spiro atoms. The van der Waals surface area contributed by atoms with Crippen LogP contribution in [0.4, 0.5) is 5.69 Å². The minimum absolute atomic E-state index is 0.104. The largest absolute Gasteiger partial charge is 0.397 e. The van der Waals surface area contributed by atoms with Gasteiger partial charge >= 0.3 is 0 Å². The Morgan fingerprint density at radius 3 is 2.54 bits per heavy atom. The maximum absolute atomic E-state index is 13.2. The first-order chi connectivity index (χ1) is 16.7. The highest BCUT2D eigenvalue weighted by Crippen LogP contribution is 2.33. The first-order valence-electron chi connectivity index (χ1n) is 11.2. The number of rotatable bonds is 6. The van der Waals surface area contributed by atoms with Gasteiger partial charge in [0.15, 0.2) is 0 Å². The van der Waals surface area contributed by atoms with Crippen molar-refractivity contribution in [2.45, 2.75) is 12.1 Å². The molecule has 2 heterocycles. The summed E-state index contributed by atoms with van der Waals surface area (Å²) in [6, 6.07) is 20.2. The van der Waals surface area contributed by atoms with E-state index in [0.717, 1.165) is 11.1 Å². The van der Waals surface area contributed by atoms with E-state index in [1.165, 1.54) is 18.6 Å². The molecule has 4 rings (SSSR count). The Hall–Kier alpha value is -3.74. The molecule has 180 valence electrons. The molecule has 1 unspecified atom stereocenters. The number of piperazine rings is 1. The normalized spacial score (nSPS) is 17.5. The Labute approximate surface area is 205 Å². The fourth-order valence-corrected chi connectivity index (χ4v) is 5.63. The number of sulfone groups is 1. The number of nitrogens with two attached hydrogens (primary N) is 1. The van der Waals surface area contributed by atoms with Crippen molar-refractivity contribution in [1.82, 2.24) is 14.8 Å². The minimum Gasteiger partial charge on any atom is -0.397 e. The van der Waals surface area contributed by atoms with Crippen molar-refractivity contribution in [3.63, 3.8) is 0 Å². The first kappa shape index (κ1) is 24.4. The van der Waals surface area contributed by atoms with E-state index < -0.39 is 15.9 Å². The number of nitrogen functional groups attached to an aromatic ring is 1. The number of anilines is 1. The molecular formula is C26H27N5O3S. The minimum atomic E-state index is -3.35. The third-order valence-electron chi connectivity index (χ3n) is 6.10. The predicted octanol–water partition coefficient (Wildman–Crippen LogP) is 2.50. The van der Waals surface area contributed by atoms with Gasteiger partial charge in [0.25, 0.3) is 5.91 Å². The summed E-state index contributed by atoms with van der Waals surface area (Å²) in [5.74, 6) is -0.335. The Kier molecular flexibility index (Phi) is 7.15. The number of aromatic nitrogens is 1. The van der Waals surface area contributed by atoms with Crippen LogP contribution in [0.3, 0.4) is 0 Å². The molecule has 0 radical (unpaired) electrons. The highest BCUT2D eigenvalue weighted by Gasteiger charge is 2.37. The van der Waals surface area contributed by atoms with Gasteiger partial charge in [-0.25, -0.2) is 8.42 Å². The number of hydrogen-bond donors (Lipinski definition) is 1. The lowest BCUT2D eigenvalue weighted by Crippen LogP contribution is -2.57. The number of amides is 1. The second-order valence-corrected chi connectivity index (χ2v) is 11.0. The van der Waals surface area contributed by atoms with E-state index in [-0.39, 0.29) is 24.2 Å². The lowest BCUT2D eigenvalue weighted by atomic mass is 9.93. The van der Waals surface area contributed by atoms with Gasteiger partial charge in [0, 0.05) is 44.3 Å². The summed E-state index contributed by atoms with van der Waals surface area (Å²) in [4.78, 5) is 21.0. The van der Waals surface area contributed by atoms with Crippen molar-refractivity contribution in [3.8, 4) is 6.07 Å². The number of benzene rings is 2. The van der Waals surface area contributed by atoms with Gasteiger partial charge in [-0.05, 0) is 29.3 Å². The Balaban J connectivity index is 1.72. The van der Waals surface area contributed by atoms with Crippen LogP contribution in [0.25, 0.3) is 0 Å². The monoisotopic (exact) mass is 489 g/mol. The predicted molar refractivity (Wildman–Crippen MR) is 134 cm³/mol. The molecule has 2 atom stereocenters. The molecule has 35 heavy (non-hydrogen) atoms. The van der Waals surface area contributed by atoms with Gasteiger partial charge in [-0.3, -0.25) is 14.7 Å². The van der Waals surface area contributed by atoms with Gasteiger partial charge in [-0.2, -0.15) is 5.26 Å². The van der Waals surface area contributed by atoms with Gasteiger partial charge in [-0.15, -0.1) is 0 Å². The number of hydrogen-bond acceptors (Lipinski definition) is 7. The van der Waals surface area contributed by atoms with E-state index in [0.29, 0.717) is 29.9 Å². The molecule has 8 nitrogen and oxygen atoms in total. The van der Waals surface area contributed by atoms with Crippen molar-refractivity contribution in [2.75, 3.05) is 37.4 Å². The fourth-order valence-electron chi connectivity index (χ4n) is 4.64. The van der Waals surface area contributed by atoms with Crippen LogP contribution in [0.2, 0.25) is 0 Å². The molecule has 2 aromatic carbocycles. The van der Waals surface area contributed by atoms with Crippen molar-refractivity contribution in [2.24, 2.45) is 0 Å². The third-order valence-corrected chi connectivity index (χ3v) is 7.09. The van der Waals surface area contributed by atoms with Crippen LogP contribution in [-0.4, -0.2) is 66.8 Å². The molecule has 1 aliphatic rings. The zero-order valence-electron chi connectivity index (χ0n) is 19.4. The number of nitriles is 1. The Morgan fingerprint density at radius 2 is 1.86 bits per heavy atom. The van der Waals surface area contributed by atoms with Gasteiger partial charge in [0.05, 0.1) is 34.7 Å². The standard InChI is InChI=1S/C26H27N5O3S/c1-35(33,34)18-24-17-30(26(32)22-13-23(28)16-29-15-22)10-11-31(24)25(20-7-3-2-4-8-20)21-9-5-6-19(12-21)14-27/h2-9,12-13,15-16,24-25H,10-11,17-18,28H2,1H3/t24-,25?/m0/s1. The summed E-state index contributed by atoms with van der Waals surface area (Å²) >= 11 is 0. The zero-order chi connectivity index (χ0) is 25.0. The summed E-state index contributed by atoms with van der Waals surface area (Å²) in [6.45, 7) is 1.11. The smallest absolute Gasteiger partial charge is 0.255 e. The fraction of sp³-hybridized carbons (Fsp3) is 0.269. The van der Waals surface area contributed by atoms with Crippen LogP contribution < -0.4 is 5.73 Å². The molecule has 1 aromatic heterocycles. The summed E-state index contributed by atoms with van der Waals surface area (Å²) in [5.41, 5.74) is 8.99. The average Bonchev–Trinajstić information content (AvgIpc) is 2.84. The van der Waals surface area contributed by atoms with Crippen molar-refractivity contribution < 1.29 is 13.2 Å². The van der Waals surface area contributed by atoms with Crippen molar-refractivity contribution in [1.29, 1.82) is 5.26 Å². The number of pyridine rings is 1. The van der Waals surface area contributed by atoms with Crippen LogP contribution >= 0.6 is 0 Å². The molecular weight excluding hydrogens is 462 g/mol. The average molecular weight is 490 g/mol. The van der Waals surface area contributed by atoms with Gasteiger partial charge in [0.1, 0.15) is 9.84 Å². The van der Waals surface area contributed by atoms with Gasteiger partial charge < -0.3 is 10.6 Å². The molecule has 1 fully saturated rings. The maximum atomic E-state index is 13.2. The van der Waals surface area contributed by atoms with Gasteiger partial charge in [0.2, 0.25) is 0 Å². The quantitative estimate of drug-likeness (QED) is 0.565. The molecule has 9 heteroatoms. The second kappa shape index (κ2) is 10.3. The van der Waals surface area contributed by atoms with Gasteiger partial charge in [-0.1, -0.05) is 42.5 Å². The van der Waals surface area contributed by atoms with E-state index >= 15 is 0 Å². The molecule has 0 aliphatic carbocycles. The molecule has 1 amide bonds. The Bertz CT molecular complexity index is 1350. The van der Waals surface area contributed by atoms with E-state index in [2.05, 4.69) is 16.0 Å². The van der Waals surface area contributed by atoms with Crippen molar-refractivity contribution in [3.05, 3.63) is 95.3 Å². The highest BCUT2D eigenvalue weighted by molar-refractivity contribution is 7.90. The third kappa shape index (κ3) is 5.85. The van der Waals surface area contributed by atoms with Crippen LogP contribution in [0.5, 0.6) is 0 Å². The van der Waals surface area contributed by atoms with E-state index in [9.17, 15) is 18.5 Å². The van der Waals surface area contributed by atoms with Crippen LogP contribution in [-0.2, 0) is 9.84 Å². The lowest BCUT2D eigenvalue weighted by Gasteiger charge is -2.45. The van der Waals surface area contributed by atoms with E-state index in [1.54, 1.807) is 17.0 Å². The molecule has 2 N–H and O–H groups in total. The molecule has 3 aromatic rings. The number of nitrogens with zero attached hydrogens (tertiary/aromatic N) is 4. The van der Waals surface area contributed by atoms with E-state index in [4.69, 9.17) is 5.73 Å². The SMILES string of the molecule is CS(=O)(=O)C[C@@H]1CN(C(=O)c2cncc(N)c2)CCN1C(c1ccccc1)c1cccc(C#N)c1. The summed E-state index contributed by atoms with van der Waals surface area (Å²) < 4.78 is 24.9.